The van der Waals surface area contributed by atoms with Crippen LogP contribution in [-0.2, 0) is 13.0 Å². The van der Waals surface area contributed by atoms with E-state index in [1.54, 1.807) is 18.2 Å². The first kappa shape index (κ1) is 28.8. The van der Waals surface area contributed by atoms with E-state index < -0.39 is 5.82 Å². The molecule has 2 bridgehead atoms. The molecule has 7 nitrogen and oxygen atoms in total. The highest BCUT2D eigenvalue weighted by Gasteiger charge is 2.56. The van der Waals surface area contributed by atoms with Crippen molar-refractivity contribution in [3.8, 4) is 0 Å². The Hall–Kier alpha value is -3.33. The molecule has 3 saturated carbocycles. The summed E-state index contributed by atoms with van der Waals surface area (Å²) in [6.07, 6.45) is 4.36. The molecule has 1 aromatic heterocycles. The summed E-state index contributed by atoms with van der Waals surface area (Å²) in [7, 11) is 0. The van der Waals surface area contributed by atoms with Gasteiger partial charge >= 0.3 is 0 Å². The topological polar surface area (TPSA) is 74.5 Å². The molecule has 42 heavy (non-hydrogen) atoms. The second-order valence-electron chi connectivity index (χ2n) is 13.4. The fourth-order valence-corrected chi connectivity index (χ4v) is 7.60. The monoisotopic (exact) mass is 576 g/mol. The van der Waals surface area contributed by atoms with Crippen LogP contribution in [0.2, 0.25) is 0 Å². The van der Waals surface area contributed by atoms with Crippen LogP contribution in [-0.4, -0.2) is 51.6 Å². The number of nitrogens with one attached hydrogen (secondary N) is 2. The van der Waals surface area contributed by atoms with Crippen molar-refractivity contribution >= 4 is 22.5 Å². The number of piperazine rings is 1. The molecule has 2 N–H and O–H groups in total. The van der Waals surface area contributed by atoms with Crippen molar-refractivity contribution in [2.45, 2.75) is 78.6 Å². The minimum absolute atomic E-state index is 0.180. The van der Waals surface area contributed by atoms with E-state index in [9.17, 15) is 9.18 Å². The van der Waals surface area contributed by atoms with Gasteiger partial charge in [-0.05, 0) is 86.1 Å². The number of guanidine groups is 1. The lowest BCUT2D eigenvalue weighted by molar-refractivity contribution is -0.108. The highest BCUT2D eigenvalue weighted by atomic mass is 19.1. The first-order chi connectivity index (χ1) is 20.0. The third kappa shape index (κ3) is 5.43. The molecule has 3 aromatic rings. The SMILES string of the molecule is C[C@@H]1[C@@H](/N=C(/Nc2cc3ncn(CCc4ccc(F)cc4)c(=O)c3cc2F)N2C[C@@H](C)N[C@@H](C)C2)C[C@H]2C[C@@H]1C2(C)C. The Morgan fingerprint density at radius 3 is 2.48 bits per heavy atom. The number of benzene rings is 2. The molecule has 3 aliphatic carbocycles. The molecule has 6 atom stereocenters. The summed E-state index contributed by atoms with van der Waals surface area (Å²) in [4.78, 5) is 25.3. The molecule has 0 amide bonds. The summed E-state index contributed by atoms with van der Waals surface area (Å²) in [6.45, 7) is 13.3. The molecule has 4 aliphatic rings. The van der Waals surface area contributed by atoms with Crippen LogP contribution >= 0.6 is 0 Å². The van der Waals surface area contributed by atoms with E-state index in [0.717, 1.165) is 25.1 Å². The van der Waals surface area contributed by atoms with Crippen LogP contribution in [0.5, 0.6) is 0 Å². The number of anilines is 1. The lowest BCUT2D eigenvalue weighted by Crippen LogP contribution is -2.59. The molecule has 4 fully saturated rings. The van der Waals surface area contributed by atoms with E-state index >= 15 is 4.39 Å². The van der Waals surface area contributed by atoms with Crippen LogP contribution in [0.4, 0.5) is 14.5 Å². The number of fused-ring (bicyclic) bond motifs is 3. The van der Waals surface area contributed by atoms with Crippen LogP contribution < -0.4 is 16.2 Å². The van der Waals surface area contributed by atoms with Crippen molar-refractivity contribution in [1.82, 2.24) is 19.8 Å². The van der Waals surface area contributed by atoms with Gasteiger partial charge in [-0.1, -0.05) is 32.9 Å². The number of aliphatic imine (C=N–C) groups is 1. The minimum atomic E-state index is -0.512. The predicted octanol–water partition coefficient (Wildman–Crippen LogP) is 5.44. The maximum atomic E-state index is 15.7. The molecule has 9 heteroatoms. The summed E-state index contributed by atoms with van der Waals surface area (Å²) in [6, 6.07) is 9.82. The first-order valence-electron chi connectivity index (χ1n) is 15.3. The predicted molar refractivity (Wildman–Crippen MR) is 164 cm³/mol. The van der Waals surface area contributed by atoms with Crippen molar-refractivity contribution < 1.29 is 8.78 Å². The molecule has 7 rings (SSSR count). The largest absolute Gasteiger partial charge is 0.340 e. The number of nitrogens with zero attached hydrogens (tertiary/aromatic N) is 4. The van der Waals surface area contributed by atoms with Crippen molar-refractivity contribution in [1.29, 1.82) is 0 Å². The average molecular weight is 577 g/mol. The average Bonchev–Trinajstić information content (AvgIpc) is 2.94. The number of rotatable bonds is 5. The van der Waals surface area contributed by atoms with Crippen LogP contribution in [0, 0.1) is 34.8 Å². The third-order valence-electron chi connectivity index (χ3n) is 10.2. The lowest BCUT2D eigenvalue weighted by atomic mass is 9.45. The van der Waals surface area contributed by atoms with E-state index in [-0.39, 0.29) is 40.6 Å². The molecule has 2 aromatic carbocycles. The number of aryl methyl sites for hydroxylation is 2. The second-order valence-corrected chi connectivity index (χ2v) is 13.4. The van der Waals surface area contributed by atoms with E-state index in [4.69, 9.17) is 4.99 Å². The minimum Gasteiger partial charge on any atom is -0.340 e. The highest BCUT2D eigenvalue weighted by Crippen LogP contribution is 2.61. The molecule has 1 saturated heterocycles. The molecule has 0 spiro atoms. The maximum Gasteiger partial charge on any atom is 0.261 e. The molecule has 2 heterocycles. The Morgan fingerprint density at radius 1 is 1.10 bits per heavy atom. The molecular weight excluding hydrogens is 534 g/mol. The van der Waals surface area contributed by atoms with Gasteiger partial charge in [-0.25, -0.2) is 18.8 Å². The van der Waals surface area contributed by atoms with Crippen LogP contribution in [0.1, 0.15) is 53.0 Å². The second kappa shape index (κ2) is 11.1. The van der Waals surface area contributed by atoms with Crippen LogP contribution in [0.15, 0.2) is 52.5 Å². The zero-order chi connectivity index (χ0) is 29.8. The van der Waals surface area contributed by atoms with Crippen LogP contribution in [0.3, 0.4) is 0 Å². The van der Waals surface area contributed by atoms with Gasteiger partial charge in [-0.2, -0.15) is 0 Å². The van der Waals surface area contributed by atoms with Crippen LogP contribution in [0.25, 0.3) is 10.9 Å². The Labute approximate surface area is 246 Å². The van der Waals surface area contributed by atoms with Gasteiger partial charge in [0.15, 0.2) is 5.96 Å². The zero-order valence-electron chi connectivity index (χ0n) is 25.2. The van der Waals surface area contributed by atoms with Gasteiger partial charge in [0.1, 0.15) is 11.6 Å². The van der Waals surface area contributed by atoms with Crippen molar-refractivity contribution in [2.75, 3.05) is 18.4 Å². The molecule has 0 radical (unpaired) electrons. The normalized spacial score (nSPS) is 28.9. The van der Waals surface area contributed by atoms with Gasteiger partial charge < -0.3 is 15.5 Å². The fraction of sp³-hybridized carbons (Fsp3) is 0.545. The number of hydrogen-bond donors (Lipinski definition) is 2. The zero-order valence-corrected chi connectivity index (χ0v) is 25.2. The lowest BCUT2D eigenvalue weighted by Gasteiger charge is -2.61. The number of aromatic nitrogens is 2. The van der Waals surface area contributed by atoms with Gasteiger partial charge in [0, 0.05) is 31.7 Å². The Bertz CT molecular complexity index is 1540. The smallest absolute Gasteiger partial charge is 0.261 e. The maximum absolute atomic E-state index is 15.7. The van der Waals surface area contributed by atoms with Crippen molar-refractivity contribution in [3.05, 3.63) is 70.3 Å². The van der Waals surface area contributed by atoms with Gasteiger partial charge in [0.05, 0.1) is 29.0 Å². The quantitative estimate of drug-likeness (QED) is 0.313. The van der Waals surface area contributed by atoms with E-state index in [1.807, 2.05) is 0 Å². The number of hydrogen-bond acceptors (Lipinski definition) is 4. The summed E-state index contributed by atoms with van der Waals surface area (Å²) in [5.41, 5.74) is 1.66. The molecule has 1 aliphatic heterocycles. The third-order valence-corrected chi connectivity index (χ3v) is 10.2. The molecular formula is C33H42F2N6O. The van der Waals surface area contributed by atoms with Gasteiger partial charge in [-0.3, -0.25) is 9.36 Å². The molecule has 224 valence electrons. The van der Waals surface area contributed by atoms with Crippen molar-refractivity contribution in [3.63, 3.8) is 0 Å². The Kier molecular flexibility index (Phi) is 7.58. The standard InChI is InChI=1S/C33H42F2N6O/c1-19-16-41(17-20(2)37-19)32(38-28-13-23-12-26(21(28)3)33(23,4)5)39-30-15-29-25(14-27(30)35)31(42)40(18-36-29)11-10-22-6-8-24(34)9-7-22/h6-9,14-15,18-21,23,26,28,37H,10-13,16-17H2,1-5H3,(H,38,39)/t19-,20+,21-,23+,26-,28-/m0/s1. The van der Waals surface area contributed by atoms with E-state index in [2.05, 4.69) is 55.1 Å². The first-order valence-corrected chi connectivity index (χ1v) is 15.3. The highest BCUT2D eigenvalue weighted by molar-refractivity contribution is 5.96. The number of halogens is 2. The summed E-state index contributed by atoms with van der Waals surface area (Å²) in [5.74, 6) is 1.65. The van der Waals surface area contributed by atoms with E-state index in [1.165, 1.54) is 35.5 Å². The Balaban J connectivity index is 1.28. The van der Waals surface area contributed by atoms with Gasteiger partial charge in [-0.15, -0.1) is 0 Å². The Morgan fingerprint density at radius 2 is 1.81 bits per heavy atom. The summed E-state index contributed by atoms with van der Waals surface area (Å²) < 4.78 is 30.4. The van der Waals surface area contributed by atoms with Gasteiger partial charge in [0.25, 0.3) is 5.56 Å². The van der Waals surface area contributed by atoms with Crippen molar-refractivity contribution in [2.24, 2.45) is 28.2 Å². The molecule has 0 unspecified atom stereocenters. The van der Waals surface area contributed by atoms with Gasteiger partial charge in [0.2, 0.25) is 0 Å². The summed E-state index contributed by atoms with van der Waals surface area (Å²) >= 11 is 0. The fourth-order valence-electron chi connectivity index (χ4n) is 7.60. The summed E-state index contributed by atoms with van der Waals surface area (Å²) in [5, 5.41) is 7.15. The van der Waals surface area contributed by atoms with E-state index in [0.29, 0.717) is 47.6 Å².